The van der Waals surface area contributed by atoms with Crippen LogP contribution in [0.5, 0.6) is 0 Å². The molecule has 0 radical (unpaired) electrons. The molecule has 2 heterocycles. The number of hydrogen-bond donors (Lipinski definition) is 2. The van der Waals surface area contributed by atoms with Gasteiger partial charge in [-0.3, -0.25) is 4.79 Å². The first-order valence-electron chi connectivity index (χ1n) is 8.46. The van der Waals surface area contributed by atoms with E-state index in [9.17, 15) is 4.79 Å². The van der Waals surface area contributed by atoms with Gasteiger partial charge in [-0.15, -0.1) is 0 Å². The lowest BCUT2D eigenvalue weighted by atomic mass is 10.1. The van der Waals surface area contributed by atoms with Crippen molar-refractivity contribution in [1.29, 1.82) is 0 Å². The second-order valence-electron chi connectivity index (χ2n) is 5.84. The van der Waals surface area contributed by atoms with Gasteiger partial charge < -0.3 is 10.6 Å². The van der Waals surface area contributed by atoms with Gasteiger partial charge in [-0.05, 0) is 31.4 Å². The average molecular weight is 382 g/mol. The standard InChI is InChI=1S/C17H23N3OS3/c21-16(8-4-1-5-13-9-12-22-24-13)18-10-11-19-17-20-14-6-2-3-7-15(14)23-17/h2-3,6-7,13H,1,4-5,8-12H2,(H,18,21)(H,19,20). The molecule has 24 heavy (non-hydrogen) atoms. The largest absolute Gasteiger partial charge is 0.360 e. The van der Waals surface area contributed by atoms with E-state index in [0.29, 0.717) is 19.5 Å². The molecule has 1 aromatic heterocycles. The summed E-state index contributed by atoms with van der Waals surface area (Å²) in [5.74, 6) is 1.45. The topological polar surface area (TPSA) is 54.0 Å². The Morgan fingerprint density at radius 1 is 1.25 bits per heavy atom. The molecule has 1 unspecified atom stereocenters. The van der Waals surface area contributed by atoms with Gasteiger partial charge in [0, 0.05) is 30.5 Å². The van der Waals surface area contributed by atoms with Gasteiger partial charge in [0.05, 0.1) is 10.2 Å². The van der Waals surface area contributed by atoms with E-state index in [4.69, 9.17) is 0 Å². The summed E-state index contributed by atoms with van der Waals surface area (Å²) in [4.78, 5) is 16.3. The lowest BCUT2D eigenvalue weighted by molar-refractivity contribution is -0.121. The van der Waals surface area contributed by atoms with E-state index in [1.807, 2.05) is 39.8 Å². The number of aromatic nitrogens is 1. The van der Waals surface area contributed by atoms with Crippen LogP contribution in [0, 0.1) is 0 Å². The Morgan fingerprint density at radius 2 is 2.17 bits per heavy atom. The van der Waals surface area contributed by atoms with Crippen LogP contribution >= 0.6 is 32.9 Å². The third-order valence-corrected chi connectivity index (χ3v) is 7.93. The van der Waals surface area contributed by atoms with E-state index < -0.39 is 0 Å². The van der Waals surface area contributed by atoms with Gasteiger partial charge >= 0.3 is 0 Å². The number of nitrogens with one attached hydrogen (secondary N) is 2. The minimum atomic E-state index is 0.162. The highest BCUT2D eigenvalue weighted by molar-refractivity contribution is 8.77. The molecule has 2 aromatic rings. The molecule has 7 heteroatoms. The van der Waals surface area contributed by atoms with E-state index in [0.717, 1.165) is 28.7 Å². The molecule has 0 bridgehead atoms. The molecule has 1 aliphatic heterocycles. The van der Waals surface area contributed by atoms with Crippen molar-refractivity contribution < 1.29 is 4.79 Å². The molecule has 2 N–H and O–H groups in total. The van der Waals surface area contributed by atoms with E-state index in [1.165, 1.54) is 23.3 Å². The summed E-state index contributed by atoms with van der Waals surface area (Å²) >= 11 is 1.65. The number of amides is 1. The van der Waals surface area contributed by atoms with Crippen molar-refractivity contribution in [3.63, 3.8) is 0 Å². The minimum Gasteiger partial charge on any atom is -0.360 e. The predicted molar refractivity (Wildman–Crippen MR) is 108 cm³/mol. The second kappa shape index (κ2) is 9.53. The molecular formula is C17H23N3OS3. The molecule has 130 valence electrons. The molecule has 0 saturated carbocycles. The smallest absolute Gasteiger partial charge is 0.220 e. The Morgan fingerprint density at radius 3 is 3.00 bits per heavy atom. The predicted octanol–water partition coefficient (Wildman–Crippen LogP) is 4.54. The number of hydrogen-bond acceptors (Lipinski definition) is 6. The van der Waals surface area contributed by atoms with Crippen LogP contribution in [-0.4, -0.2) is 35.0 Å². The summed E-state index contributed by atoms with van der Waals surface area (Å²) < 4.78 is 1.18. The summed E-state index contributed by atoms with van der Waals surface area (Å²) in [7, 11) is 4.01. The zero-order valence-corrected chi connectivity index (χ0v) is 16.1. The minimum absolute atomic E-state index is 0.162. The highest BCUT2D eigenvalue weighted by Gasteiger charge is 2.15. The molecule has 1 atom stereocenters. The number of para-hydroxylation sites is 1. The molecule has 1 aromatic carbocycles. The lowest BCUT2D eigenvalue weighted by Crippen LogP contribution is -2.28. The van der Waals surface area contributed by atoms with Gasteiger partial charge in [-0.1, -0.05) is 51.5 Å². The van der Waals surface area contributed by atoms with E-state index in [1.54, 1.807) is 11.3 Å². The SMILES string of the molecule is O=C(CCCCC1CCSS1)NCCNc1nc2ccccc2s1. The van der Waals surface area contributed by atoms with Gasteiger partial charge in [0.15, 0.2) is 5.13 Å². The molecule has 1 saturated heterocycles. The number of rotatable bonds is 9. The third-order valence-electron chi connectivity index (χ3n) is 3.92. The Kier molecular flexibility index (Phi) is 7.11. The quantitative estimate of drug-likeness (QED) is 0.493. The van der Waals surface area contributed by atoms with Crippen LogP contribution in [0.25, 0.3) is 10.2 Å². The fraction of sp³-hybridized carbons (Fsp3) is 0.529. The highest BCUT2D eigenvalue weighted by Crippen LogP contribution is 2.39. The van der Waals surface area contributed by atoms with Crippen LogP contribution in [0.3, 0.4) is 0 Å². The van der Waals surface area contributed by atoms with Crippen LogP contribution in [0.15, 0.2) is 24.3 Å². The van der Waals surface area contributed by atoms with Crippen LogP contribution < -0.4 is 10.6 Å². The van der Waals surface area contributed by atoms with E-state index >= 15 is 0 Å². The van der Waals surface area contributed by atoms with Crippen molar-refractivity contribution in [2.45, 2.75) is 37.4 Å². The number of anilines is 1. The molecule has 1 amide bonds. The van der Waals surface area contributed by atoms with Gasteiger partial charge in [-0.2, -0.15) is 0 Å². The monoisotopic (exact) mass is 381 g/mol. The molecular weight excluding hydrogens is 358 g/mol. The Hall–Kier alpha value is -0.920. The highest BCUT2D eigenvalue weighted by atomic mass is 33.1. The number of thiazole rings is 1. The zero-order valence-electron chi connectivity index (χ0n) is 13.6. The Balaban J connectivity index is 1.25. The number of fused-ring (bicyclic) bond motifs is 1. The fourth-order valence-electron chi connectivity index (χ4n) is 2.63. The van der Waals surface area contributed by atoms with E-state index in [-0.39, 0.29) is 5.91 Å². The van der Waals surface area contributed by atoms with Crippen molar-refractivity contribution in [1.82, 2.24) is 10.3 Å². The van der Waals surface area contributed by atoms with Crippen LogP contribution in [0.1, 0.15) is 32.1 Å². The summed E-state index contributed by atoms with van der Waals surface area (Å²) in [6, 6.07) is 8.11. The first kappa shape index (κ1) is 17.9. The number of unbranched alkanes of at least 4 members (excludes halogenated alkanes) is 1. The Bertz CT molecular complexity index is 622. The maximum absolute atomic E-state index is 11.8. The van der Waals surface area contributed by atoms with Crippen molar-refractivity contribution in [2.75, 3.05) is 24.2 Å². The van der Waals surface area contributed by atoms with Gasteiger partial charge in [0.25, 0.3) is 0 Å². The molecule has 1 aliphatic rings. The molecule has 0 aliphatic carbocycles. The number of carbonyl (C=O) groups is 1. The van der Waals surface area contributed by atoms with Gasteiger partial charge in [-0.25, -0.2) is 4.98 Å². The molecule has 1 fully saturated rings. The lowest BCUT2D eigenvalue weighted by Gasteiger charge is -2.08. The van der Waals surface area contributed by atoms with Gasteiger partial charge in [0.1, 0.15) is 0 Å². The van der Waals surface area contributed by atoms with Crippen molar-refractivity contribution in [3.05, 3.63) is 24.3 Å². The normalized spacial score (nSPS) is 17.2. The van der Waals surface area contributed by atoms with Crippen LogP contribution in [0.4, 0.5) is 5.13 Å². The molecule has 0 spiro atoms. The first-order valence-corrected chi connectivity index (χ1v) is 11.7. The number of nitrogens with zero attached hydrogens (tertiary/aromatic N) is 1. The average Bonchev–Trinajstić information content (AvgIpc) is 3.24. The van der Waals surface area contributed by atoms with Gasteiger partial charge in [0.2, 0.25) is 5.91 Å². The molecule has 4 nitrogen and oxygen atoms in total. The fourth-order valence-corrected chi connectivity index (χ4v) is 6.55. The summed E-state index contributed by atoms with van der Waals surface area (Å²) in [5, 5.41) is 7.99. The maximum atomic E-state index is 11.8. The Labute approximate surface area is 155 Å². The van der Waals surface area contributed by atoms with Crippen LogP contribution in [-0.2, 0) is 4.79 Å². The number of benzene rings is 1. The molecule has 3 rings (SSSR count). The summed E-state index contributed by atoms with van der Waals surface area (Å²) in [6.45, 7) is 1.35. The zero-order chi connectivity index (χ0) is 16.6. The maximum Gasteiger partial charge on any atom is 0.220 e. The van der Waals surface area contributed by atoms with Crippen LogP contribution in [0.2, 0.25) is 0 Å². The summed E-state index contributed by atoms with van der Waals surface area (Å²) in [5.41, 5.74) is 1.02. The van der Waals surface area contributed by atoms with Crippen molar-refractivity contribution in [3.8, 4) is 0 Å². The second-order valence-corrected chi connectivity index (χ2v) is 9.66. The van der Waals surface area contributed by atoms with Crippen molar-refractivity contribution in [2.24, 2.45) is 0 Å². The number of carbonyl (C=O) groups excluding carboxylic acids is 1. The third kappa shape index (κ3) is 5.57. The first-order chi connectivity index (χ1) is 11.8. The van der Waals surface area contributed by atoms with Crippen molar-refractivity contribution >= 4 is 54.2 Å². The summed E-state index contributed by atoms with van der Waals surface area (Å²) in [6.07, 6.45) is 5.39. The van der Waals surface area contributed by atoms with E-state index in [2.05, 4.69) is 21.7 Å².